The lowest BCUT2D eigenvalue weighted by molar-refractivity contribution is -0.384. The molecule has 0 heterocycles. The first-order chi connectivity index (χ1) is 16.0. The third-order valence-corrected chi connectivity index (χ3v) is 5.37. The number of esters is 1. The van der Waals surface area contributed by atoms with Gasteiger partial charge in [0.2, 0.25) is 0 Å². The van der Waals surface area contributed by atoms with E-state index in [1.165, 1.54) is 19.2 Å². The largest absolute Gasteiger partial charge is 0.493 e. The van der Waals surface area contributed by atoms with Crippen molar-refractivity contribution in [3.8, 4) is 11.5 Å². The summed E-state index contributed by atoms with van der Waals surface area (Å²) in [6.45, 7) is 0. The van der Waals surface area contributed by atoms with Crippen LogP contribution >= 0.6 is 11.6 Å². The van der Waals surface area contributed by atoms with E-state index in [0.29, 0.717) is 5.75 Å². The van der Waals surface area contributed by atoms with Crippen molar-refractivity contribution < 1.29 is 19.2 Å². The van der Waals surface area contributed by atoms with E-state index in [4.69, 9.17) is 21.1 Å². The molecule has 164 valence electrons. The van der Waals surface area contributed by atoms with Gasteiger partial charge in [0.25, 0.3) is 5.69 Å². The summed E-state index contributed by atoms with van der Waals surface area (Å²) in [6, 6.07) is 23.1. The molecule has 0 atom stereocenters. The molecule has 4 rings (SSSR count). The van der Waals surface area contributed by atoms with Crippen LogP contribution in [0.1, 0.15) is 21.5 Å². The summed E-state index contributed by atoms with van der Waals surface area (Å²) in [5, 5.41) is 13.3. The van der Waals surface area contributed by atoms with E-state index in [9.17, 15) is 14.9 Å². The van der Waals surface area contributed by atoms with Crippen molar-refractivity contribution in [3.05, 3.63) is 111 Å². The fourth-order valence-electron chi connectivity index (χ4n) is 3.39. The van der Waals surface area contributed by atoms with Crippen LogP contribution in [0.4, 0.5) is 5.69 Å². The Hall–Kier alpha value is -4.16. The minimum absolute atomic E-state index is 0.00748. The Balaban J connectivity index is 1.57. The molecular weight excluding hydrogens is 442 g/mol. The highest BCUT2D eigenvalue weighted by Gasteiger charge is 2.19. The number of halogens is 1. The van der Waals surface area contributed by atoms with Gasteiger partial charge in [-0.2, -0.15) is 0 Å². The minimum atomic E-state index is -0.757. The van der Waals surface area contributed by atoms with Crippen molar-refractivity contribution in [2.24, 2.45) is 0 Å². The normalized spacial score (nSPS) is 11.0. The zero-order valence-electron chi connectivity index (χ0n) is 17.5. The summed E-state index contributed by atoms with van der Waals surface area (Å²) in [7, 11) is 1.47. The molecule has 0 bridgehead atoms. The number of rotatable bonds is 6. The number of nitro benzene ring substituents is 1. The van der Waals surface area contributed by atoms with Crippen LogP contribution in [0.25, 0.3) is 22.9 Å². The van der Waals surface area contributed by atoms with Crippen molar-refractivity contribution in [2.45, 2.75) is 0 Å². The second kappa shape index (κ2) is 9.54. The maximum absolute atomic E-state index is 12.5. The number of carbonyl (C=O) groups is 1. The van der Waals surface area contributed by atoms with Crippen molar-refractivity contribution in [2.75, 3.05) is 7.11 Å². The van der Waals surface area contributed by atoms with Crippen molar-refractivity contribution in [1.29, 1.82) is 0 Å². The van der Waals surface area contributed by atoms with E-state index < -0.39 is 10.9 Å². The quantitative estimate of drug-likeness (QED) is 0.104. The van der Waals surface area contributed by atoms with Crippen molar-refractivity contribution in [1.82, 2.24) is 0 Å². The fraction of sp³-hybridized carbons (Fsp3) is 0.0385. The molecular formula is C26H18ClNO5. The van der Waals surface area contributed by atoms with Crippen LogP contribution in [0.2, 0.25) is 5.02 Å². The molecule has 0 saturated heterocycles. The summed E-state index contributed by atoms with van der Waals surface area (Å²) < 4.78 is 10.8. The lowest BCUT2D eigenvalue weighted by Gasteiger charge is -2.10. The summed E-state index contributed by atoms with van der Waals surface area (Å²) in [5.41, 5.74) is 1.56. The van der Waals surface area contributed by atoms with E-state index in [-0.39, 0.29) is 22.0 Å². The van der Waals surface area contributed by atoms with Crippen LogP contribution in [0.3, 0.4) is 0 Å². The number of carbonyl (C=O) groups excluding carboxylic acids is 1. The molecule has 0 N–H and O–H groups in total. The second-order valence-electron chi connectivity index (χ2n) is 7.12. The molecule has 0 aliphatic carbocycles. The van der Waals surface area contributed by atoms with Crippen molar-refractivity contribution in [3.63, 3.8) is 0 Å². The maximum Gasteiger partial charge on any atom is 0.343 e. The van der Waals surface area contributed by atoms with Gasteiger partial charge in [0.1, 0.15) is 5.02 Å². The Bertz CT molecular complexity index is 1390. The van der Waals surface area contributed by atoms with Crippen LogP contribution < -0.4 is 9.47 Å². The summed E-state index contributed by atoms with van der Waals surface area (Å²) in [6.07, 6.45) is 3.95. The lowest BCUT2D eigenvalue weighted by atomic mass is 10.0. The highest BCUT2D eigenvalue weighted by molar-refractivity contribution is 6.32. The molecule has 0 unspecified atom stereocenters. The molecule has 0 radical (unpaired) electrons. The van der Waals surface area contributed by atoms with Crippen LogP contribution in [-0.4, -0.2) is 18.0 Å². The van der Waals surface area contributed by atoms with Crippen LogP contribution in [0, 0.1) is 10.1 Å². The second-order valence-corrected chi connectivity index (χ2v) is 7.53. The molecule has 0 aliphatic rings. The number of hydrogen-bond donors (Lipinski definition) is 0. The Morgan fingerprint density at radius 1 is 0.939 bits per heavy atom. The van der Waals surface area contributed by atoms with E-state index in [1.807, 2.05) is 36.4 Å². The standard InChI is InChI=1S/C26H18ClNO5/c1-32-25-15-17(9-11-19-7-4-6-18-5-2-3-8-21(18)19)10-14-24(25)33-26(29)20-12-13-22(27)23(16-20)28(30)31/h2-16H,1H3. The topological polar surface area (TPSA) is 78.7 Å². The average Bonchev–Trinajstić information content (AvgIpc) is 2.83. The van der Waals surface area contributed by atoms with Gasteiger partial charge in [-0.25, -0.2) is 4.79 Å². The fourth-order valence-corrected chi connectivity index (χ4v) is 3.58. The number of fused-ring (bicyclic) bond motifs is 1. The van der Waals surface area contributed by atoms with Gasteiger partial charge in [-0.05, 0) is 46.2 Å². The predicted molar refractivity (Wildman–Crippen MR) is 129 cm³/mol. The van der Waals surface area contributed by atoms with E-state index >= 15 is 0 Å². The molecule has 7 heteroatoms. The lowest BCUT2D eigenvalue weighted by Crippen LogP contribution is -2.09. The number of benzene rings is 4. The van der Waals surface area contributed by atoms with Gasteiger partial charge in [-0.15, -0.1) is 0 Å². The zero-order chi connectivity index (χ0) is 23.4. The van der Waals surface area contributed by atoms with E-state index in [2.05, 4.69) is 18.2 Å². The highest BCUT2D eigenvalue weighted by atomic mass is 35.5. The first-order valence-corrected chi connectivity index (χ1v) is 10.3. The van der Waals surface area contributed by atoms with Gasteiger partial charge in [0, 0.05) is 6.07 Å². The number of methoxy groups -OCH3 is 1. The highest BCUT2D eigenvalue weighted by Crippen LogP contribution is 2.31. The van der Waals surface area contributed by atoms with Gasteiger partial charge in [0.15, 0.2) is 11.5 Å². The smallest absolute Gasteiger partial charge is 0.343 e. The summed E-state index contributed by atoms with van der Waals surface area (Å²) in [4.78, 5) is 22.9. The average molecular weight is 460 g/mol. The van der Waals surface area contributed by atoms with Crippen LogP contribution in [-0.2, 0) is 0 Å². The number of nitrogens with zero attached hydrogens (tertiary/aromatic N) is 1. The molecule has 33 heavy (non-hydrogen) atoms. The van der Waals surface area contributed by atoms with Crippen molar-refractivity contribution >= 4 is 46.2 Å². The Morgan fingerprint density at radius 2 is 1.73 bits per heavy atom. The molecule has 6 nitrogen and oxygen atoms in total. The first kappa shape index (κ1) is 22.0. The van der Waals surface area contributed by atoms with Gasteiger partial charge in [-0.1, -0.05) is 72.3 Å². The molecule has 0 saturated carbocycles. The monoisotopic (exact) mass is 459 g/mol. The molecule has 0 fully saturated rings. The third kappa shape index (κ3) is 4.86. The third-order valence-electron chi connectivity index (χ3n) is 5.05. The zero-order valence-corrected chi connectivity index (χ0v) is 18.3. The van der Waals surface area contributed by atoms with Gasteiger partial charge < -0.3 is 9.47 Å². The number of hydrogen-bond acceptors (Lipinski definition) is 5. The van der Waals surface area contributed by atoms with Gasteiger partial charge in [0.05, 0.1) is 17.6 Å². The molecule has 0 spiro atoms. The van der Waals surface area contributed by atoms with E-state index in [0.717, 1.165) is 28.0 Å². The summed E-state index contributed by atoms with van der Waals surface area (Å²) in [5.74, 6) is -0.207. The number of ether oxygens (including phenoxy) is 2. The van der Waals surface area contributed by atoms with Crippen LogP contribution in [0.15, 0.2) is 78.9 Å². The summed E-state index contributed by atoms with van der Waals surface area (Å²) >= 11 is 5.81. The Kier molecular flexibility index (Phi) is 6.38. The first-order valence-electron chi connectivity index (χ1n) is 9.96. The molecule has 4 aromatic carbocycles. The maximum atomic E-state index is 12.5. The molecule has 0 amide bonds. The molecule has 0 aliphatic heterocycles. The minimum Gasteiger partial charge on any atom is -0.493 e. The molecule has 0 aromatic heterocycles. The SMILES string of the molecule is COc1cc(C=Cc2cccc3ccccc23)ccc1OC(=O)c1ccc(Cl)c([N+](=O)[O-])c1. The van der Waals surface area contributed by atoms with Crippen LogP contribution in [0.5, 0.6) is 11.5 Å². The number of nitro groups is 1. The van der Waals surface area contributed by atoms with Gasteiger partial charge >= 0.3 is 5.97 Å². The molecule has 4 aromatic rings. The van der Waals surface area contributed by atoms with Gasteiger partial charge in [-0.3, -0.25) is 10.1 Å². The van der Waals surface area contributed by atoms with E-state index in [1.54, 1.807) is 18.2 Å². The Morgan fingerprint density at radius 3 is 2.52 bits per heavy atom. The Labute approximate surface area is 194 Å². The predicted octanol–water partition coefficient (Wildman–Crippen LogP) is 6.80.